The van der Waals surface area contributed by atoms with Gasteiger partial charge in [0.05, 0.1) is 10.2 Å². The third-order valence-corrected chi connectivity index (χ3v) is 5.30. The summed E-state index contributed by atoms with van der Waals surface area (Å²) in [5, 5.41) is 16.1. The van der Waals surface area contributed by atoms with Crippen LogP contribution in [0.4, 0.5) is 9.93 Å². The maximum Gasteiger partial charge on any atom is 0.407 e. The van der Waals surface area contributed by atoms with Crippen molar-refractivity contribution in [2.45, 2.75) is 31.3 Å². The van der Waals surface area contributed by atoms with Crippen molar-refractivity contribution >= 4 is 38.7 Å². The van der Waals surface area contributed by atoms with E-state index in [9.17, 15) is 9.59 Å². The van der Waals surface area contributed by atoms with Crippen LogP contribution in [-0.2, 0) is 0 Å². The highest BCUT2D eigenvalue weighted by atomic mass is 32.1. The minimum absolute atomic E-state index is 0.0322. The molecule has 2 fully saturated rings. The summed E-state index contributed by atoms with van der Waals surface area (Å²) in [7, 11) is 0. The predicted octanol–water partition coefficient (Wildman–Crippen LogP) is 2.35. The van der Waals surface area contributed by atoms with Crippen molar-refractivity contribution < 1.29 is 14.7 Å². The smallest absolute Gasteiger partial charge is 0.407 e. The van der Waals surface area contributed by atoms with E-state index in [1.807, 2.05) is 12.1 Å². The summed E-state index contributed by atoms with van der Waals surface area (Å²) in [5.41, 5.74) is 1.50. The molecule has 1 saturated heterocycles. The second kappa shape index (κ2) is 5.94. The molecule has 8 heteroatoms. The maximum atomic E-state index is 12.1. The van der Waals surface area contributed by atoms with Crippen molar-refractivity contribution in [3.63, 3.8) is 0 Å². The summed E-state index contributed by atoms with van der Waals surface area (Å²) in [6.45, 7) is 1.02. The maximum absolute atomic E-state index is 12.1. The van der Waals surface area contributed by atoms with Gasteiger partial charge in [-0.1, -0.05) is 11.3 Å². The van der Waals surface area contributed by atoms with E-state index in [1.54, 1.807) is 6.07 Å². The fourth-order valence-electron chi connectivity index (χ4n) is 2.85. The van der Waals surface area contributed by atoms with Gasteiger partial charge in [-0.2, -0.15) is 0 Å². The standard InChI is InChI=1S/C16H18N4O3S/c21-14(17-10-2-3-10)9-1-4-12-13(7-9)24-15(19-12)18-11-5-6-20(8-11)16(22)23/h1,4,7,10-11H,2-3,5-6,8H2,(H,17,21)(H,18,19)(H,22,23). The summed E-state index contributed by atoms with van der Waals surface area (Å²) < 4.78 is 0.953. The molecule has 3 N–H and O–H groups in total. The number of nitrogens with one attached hydrogen (secondary N) is 2. The first-order valence-corrected chi connectivity index (χ1v) is 8.86. The van der Waals surface area contributed by atoms with Crippen LogP contribution in [0, 0.1) is 0 Å². The molecule has 1 aliphatic heterocycles. The monoisotopic (exact) mass is 346 g/mol. The van der Waals surface area contributed by atoms with Gasteiger partial charge in [0, 0.05) is 30.7 Å². The highest BCUT2D eigenvalue weighted by molar-refractivity contribution is 7.22. The normalized spacial score (nSPS) is 20.3. The van der Waals surface area contributed by atoms with Gasteiger partial charge < -0.3 is 20.6 Å². The largest absolute Gasteiger partial charge is 0.465 e. The fourth-order valence-corrected chi connectivity index (χ4v) is 3.83. The summed E-state index contributed by atoms with van der Waals surface area (Å²) in [6.07, 6.45) is 2.03. The van der Waals surface area contributed by atoms with Crippen molar-refractivity contribution in [3.8, 4) is 0 Å². The number of likely N-dealkylation sites (tertiary alicyclic amines) is 1. The first-order chi connectivity index (χ1) is 11.6. The second-order valence-electron chi connectivity index (χ2n) is 6.31. The molecule has 2 amide bonds. The molecule has 1 aliphatic carbocycles. The van der Waals surface area contributed by atoms with Gasteiger partial charge in [0.2, 0.25) is 0 Å². The zero-order valence-corrected chi connectivity index (χ0v) is 13.8. The Morgan fingerprint density at radius 1 is 1.25 bits per heavy atom. The topological polar surface area (TPSA) is 94.6 Å². The van der Waals surface area contributed by atoms with E-state index in [0.29, 0.717) is 24.7 Å². The third kappa shape index (κ3) is 3.14. The number of hydrogen-bond donors (Lipinski definition) is 3. The molecule has 1 aromatic carbocycles. The highest BCUT2D eigenvalue weighted by Crippen LogP contribution is 2.29. The van der Waals surface area contributed by atoms with E-state index < -0.39 is 6.09 Å². The predicted molar refractivity (Wildman–Crippen MR) is 91.7 cm³/mol. The van der Waals surface area contributed by atoms with Crippen LogP contribution in [0.5, 0.6) is 0 Å². The van der Waals surface area contributed by atoms with Gasteiger partial charge in [0.15, 0.2) is 5.13 Å². The molecule has 2 aliphatic rings. The van der Waals surface area contributed by atoms with E-state index in [0.717, 1.165) is 34.6 Å². The van der Waals surface area contributed by atoms with Gasteiger partial charge in [0.1, 0.15) is 0 Å². The van der Waals surface area contributed by atoms with E-state index in [2.05, 4.69) is 15.6 Å². The van der Waals surface area contributed by atoms with Crippen LogP contribution in [0.15, 0.2) is 18.2 Å². The number of fused-ring (bicyclic) bond motifs is 1. The lowest BCUT2D eigenvalue weighted by molar-refractivity contribution is 0.0951. The Morgan fingerprint density at radius 3 is 2.79 bits per heavy atom. The molecule has 4 rings (SSSR count). The molecule has 1 unspecified atom stereocenters. The molecule has 2 aromatic rings. The number of carboxylic acid groups (broad SMARTS) is 1. The lowest BCUT2D eigenvalue weighted by Gasteiger charge is -2.12. The number of benzene rings is 1. The number of rotatable bonds is 4. The highest BCUT2D eigenvalue weighted by Gasteiger charge is 2.26. The minimum atomic E-state index is -0.880. The van der Waals surface area contributed by atoms with Gasteiger partial charge in [-0.3, -0.25) is 4.79 Å². The quantitative estimate of drug-likeness (QED) is 0.790. The molecular weight excluding hydrogens is 328 g/mol. The Labute approximate surface area is 142 Å². The Morgan fingerprint density at radius 2 is 2.08 bits per heavy atom. The second-order valence-corrected chi connectivity index (χ2v) is 7.34. The average molecular weight is 346 g/mol. The zero-order chi connectivity index (χ0) is 16.7. The number of carbonyl (C=O) groups is 2. The van der Waals surface area contributed by atoms with Crippen molar-refractivity contribution in [2.75, 3.05) is 18.4 Å². The van der Waals surface area contributed by atoms with Gasteiger partial charge in [-0.05, 0) is 37.5 Å². The third-order valence-electron chi connectivity index (χ3n) is 4.35. The molecule has 2 heterocycles. The first kappa shape index (κ1) is 15.2. The molecule has 0 bridgehead atoms. The number of hydrogen-bond acceptors (Lipinski definition) is 5. The average Bonchev–Trinajstić information content (AvgIpc) is 3.09. The van der Waals surface area contributed by atoms with Crippen LogP contribution in [0.3, 0.4) is 0 Å². The van der Waals surface area contributed by atoms with E-state index >= 15 is 0 Å². The van der Waals surface area contributed by atoms with Crippen molar-refractivity contribution in [2.24, 2.45) is 0 Å². The van der Waals surface area contributed by atoms with Crippen molar-refractivity contribution in [1.29, 1.82) is 0 Å². The summed E-state index contributed by atoms with van der Waals surface area (Å²) >= 11 is 1.49. The van der Waals surface area contributed by atoms with E-state index in [4.69, 9.17) is 5.11 Å². The Hall–Kier alpha value is -2.35. The number of aromatic nitrogens is 1. The number of anilines is 1. The molecule has 7 nitrogen and oxygen atoms in total. The Balaban J connectivity index is 1.47. The molecule has 0 spiro atoms. The molecule has 126 valence electrons. The molecule has 1 atom stereocenters. The molecule has 1 aromatic heterocycles. The summed E-state index contributed by atoms with van der Waals surface area (Å²) in [5.74, 6) is -0.0322. The van der Waals surface area contributed by atoms with Gasteiger partial charge in [0.25, 0.3) is 5.91 Å². The molecule has 24 heavy (non-hydrogen) atoms. The number of amides is 2. The van der Waals surface area contributed by atoms with Gasteiger partial charge in [-0.15, -0.1) is 0 Å². The lowest BCUT2D eigenvalue weighted by atomic mass is 10.2. The summed E-state index contributed by atoms with van der Waals surface area (Å²) in [6, 6.07) is 5.95. The van der Waals surface area contributed by atoms with Gasteiger partial charge >= 0.3 is 6.09 Å². The molecule has 0 radical (unpaired) electrons. The Bertz CT molecular complexity index is 802. The van der Waals surface area contributed by atoms with E-state index in [1.165, 1.54) is 16.2 Å². The van der Waals surface area contributed by atoms with Crippen LogP contribution >= 0.6 is 11.3 Å². The van der Waals surface area contributed by atoms with Crippen LogP contribution in [0.25, 0.3) is 10.2 Å². The van der Waals surface area contributed by atoms with Crippen LogP contribution in [0.2, 0.25) is 0 Å². The van der Waals surface area contributed by atoms with Crippen molar-refractivity contribution in [1.82, 2.24) is 15.2 Å². The number of nitrogens with zero attached hydrogens (tertiary/aromatic N) is 2. The van der Waals surface area contributed by atoms with E-state index in [-0.39, 0.29) is 11.9 Å². The fraction of sp³-hybridized carbons (Fsp3) is 0.438. The minimum Gasteiger partial charge on any atom is -0.465 e. The number of carbonyl (C=O) groups excluding carboxylic acids is 1. The molecule has 1 saturated carbocycles. The molecular formula is C16H18N4O3S. The number of thiazole rings is 1. The zero-order valence-electron chi connectivity index (χ0n) is 13.0. The van der Waals surface area contributed by atoms with Crippen LogP contribution < -0.4 is 10.6 Å². The van der Waals surface area contributed by atoms with Crippen molar-refractivity contribution in [3.05, 3.63) is 23.8 Å². The lowest BCUT2D eigenvalue weighted by Crippen LogP contribution is -2.30. The SMILES string of the molecule is O=C(NC1CC1)c1ccc2nc(NC3CCN(C(=O)O)C3)sc2c1. The first-order valence-electron chi connectivity index (χ1n) is 8.04. The van der Waals surface area contributed by atoms with Gasteiger partial charge in [-0.25, -0.2) is 9.78 Å². The Kier molecular flexibility index (Phi) is 3.76. The summed E-state index contributed by atoms with van der Waals surface area (Å²) in [4.78, 5) is 29.0. The van der Waals surface area contributed by atoms with Crippen LogP contribution in [0.1, 0.15) is 29.6 Å². The van der Waals surface area contributed by atoms with Crippen LogP contribution in [-0.4, -0.2) is 52.2 Å².